The fraction of sp³-hybridized carbons (Fsp3) is 0.308. The number of aldehydes is 1. The highest BCUT2D eigenvalue weighted by molar-refractivity contribution is 5.73. The van der Waals surface area contributed by atoms with Crippen molar-refractivity contribution in [3.8, 4) is 5.69 Å². The monoisotopic (exact) mass is 229 g/mol. The number of carbonyl (C=O) groups is 1. The van der Waals surface area contributed by atoms with E-state index in [1.54, 1.807) is 4.68 Å². The maximum absolute atomic E-state index is 10.9. The minimum atomic E-state index is 0.447. The van der Waals surface area contributed by atoms with Crippen LogP contribution in [0.5, 0.6) is 0 Å². The lowest BCUT2D eigenvalue weighted by Crippen LogP contribution is -2.03. The molecule has 0 N–H and O–H groups in total. The second kappa shape index (κ2) is 5.39. The second-order valence-corrected chi connectivity index (χ2v) is 3.89. The molecule has 0 fully saturated rings. The van der Waals surface area contributed by atoms with E-state index in [0.29, 0.717) is 5.69 Å². The summed E-state index contributed by atoms with van der Waals surface area (Å²) < 4.78 is 1.75. The number of nitrogens with zero attached hydrogens (tertiary/aromatic N) is 3. The average Bonchev–Trinajstić information content (AvgIpc) is 2.80. The molecule has 1 aromatic heterocycles. The molecule has 0 spiro atoms. The maximum Gasteiger partial charge on any atom is 0.172 e. The van der Waals surface area contributed by atoms with E-state index in [1.165, 1.54) is 0 Å². The van der Waals surface area contributed by atoms with Gasteiger partial charge >= 0.3 is 0 Å². The van der Waals surface area contributed by atoms with Gasteiger partial charge in [-0.2, -0.15) is 0 Å². The zero-order valence-electron chi connectivity index (χ0n) is 9.84. The quantitative estimate of drug-likeness (QED) is 0.740. The van der Waals surface area contributed by atoms with Crippen molar-refractivity contribution in [3.05, 3.63) is 41.7 Å². The summed E-state index contributed by atoms with van der Waals surface area (Å²) in [6.45, 7) is 2.12. The summed E-state index contributed by atoms with van der Waals surface area (Å²) in [5.41, 5.74) is 2.29. The summed E-state index contributed by atoms with van der Waals surface area (Å²) >= 11 is 0. The van der Waals surface area contributed by atoms with Crippen LogP contribution in [-0.4, -0.2) is 21.3 Å². The highest BCUT2D eigenvalue weighted by atomic mass is 16.1. The third-order valence-corrected chi connectivity index (χ3v) is 2.67. The first-order valence-electron chi connectivity index (χ1n) is 5.82. The summed E-state index contributed by atoms with van der Waals surface area (Å²) in [5.74, 6) is 0. The second-order valence-electron chi connectivity index (χ2n) is 3.89. The molecule has 0 aliphatic heterocycles. The number of unbranched alkanes of at least 4 members (excludes halogenated alkanes) is 1. The standard InChI is InChI=1S/C13H15N3O/c1-2-3-9-13-12(10-17)14-15-16(13)11-7-5-4-6-8-11/h4-8,10H,2-3,9H2,1H3. The molecule has 0 bridgehead atoms. The van der Waals surface area contributed by atoms with Crippen molar-refractivity contribution in [1.82, 2.24) is 15.0 Å². The van der Waals surface area contributed by atoms with Crippen LogP contribution in [0.2, 0.25) is 0 Å². The molecule has 0 atom stereocenters. The first-order valence-corrected chi connectivity index (χ1v) is 5.82. The van der Waals surface area contributed by atoms with Crippen molar-refractivity contribution in [2.24, 2.45) is 0 Å². The normalized spacial score (nSPS) is 10.4. The third-order valence-electron chi connectivity index (χ3n) is 2.67. The van der Waals surface area contributed by atoms with E-state index < -0.39 is 0 Å². The topological polar surface area (TPSA) is 47.8 Å². The van der Waals surface area contributed by atoms with Gasteiger partial charge in [-0.05, 0) is 25.0 Å². The van der Waals surface area contributed by atoms with E-state index in [4.69, 9.17) is 0 Å². The van der Waals surface area contributed by atoms with Gasteiger partial charge in [-0.25, -0.2) is 4.68 Å². The van der Waals surface area contributed by atoms with E-state index >= 15 is 0 Å². The number of rotatable bonds is 5. The molecule has 0 aliphatic rings. The van der Waals surface area contributed by atoms with E-state index in [2.05, 4.69) is 17.2 Å². The third kappa shape index (κ3) is 2.41. The van der Waals surface area contributed by atoms with E-state index in [0.717, 1.165) is 36.9 Å². The molecule has 4 heteroatoms. The predicted octanol–water partition coefficient (Wildman–Crippen LogP) is 2.42. The van der Waals surface area contributed by atoms with Gasteiger partial charge in [0.1, 0.15) is 5.69 Å². The fourth-order valence-electron chi connectivity index (χ4n) is 1.76. The molecule has 0 amide bonds. The number of hydrogen-bond donors (Lipinski definition) is 0. The molecule has 1 aromatic carbocycles. The molecule has 1 heterocycles. The fourth-order valence-corrected chi connectivity index (χ4v) is 1.76. The van der Waals surface area contributed by atoms with Gasteiger partial charge in [-0.1, -0.05) is 36.8 Å². The van der Waals surface area contributed by atoms with Crippen molar-refractivity contribution < 1.29 is 4.79 Å². The summed E-state index contributed by atoms with van der Waals surface area (Å²) in [6, 6.07) is 9.76. The predicted molar refractivity (Wildman–Crippen MR) is 65.4 cm³/mol. The first-order chi connectivity index (χ1) is 8.36. The van der Waals surface area contributed by atoms with Crippen molar-refractivity contribution in [2.45, 2.75) is 26.2 Å². The van der Waals surface area contributed by atoms with Crippen molar-refractivity contribution in [2.75, 3.05) is 0 Å². The van der Waals surface area contributed by atoms with Crippen LogP contribution in [0, 0.1) is 0 Å². The molecule has 2 aromatic rings. The lowest BCUT2D eigenvalue weighted by molar-refractivity contribution is 0.111. The van der Waals surface area contributed by atoms with Gasteiger partial charge in [0.25, 0.3) is 0 Å². The molecular weight excluding hydrogens is 214 g/mol. The molecule has 17 heavy (non-hydrogen) atoms. The van der Waals surface area contributed by atoms with Gasteiger partial charge < -0.3 is 0 Å². The molecule has 0 aliphatic carbocycles. The van der Waals surface area contributed by atoms with Crippen LogP contribution < -0.4 is 0 Å². The van der Waals surface area contributed by atoms with Gasteiger partial charge in [0.05, 0.1) is 11.4 Å². The Kier molecular flexibility index (Phi) is 3.65. The Labute approximate surface area is 100 Å². The van der Waals surface area contributed by atoms with Gasteiger partial charge in [0.2, 0.25) is 0 Å². The molecule has 0 saturated carbocycles. The van der Waals surface area contributed by atoms with Crippen LogP contribution in [0.15, 0.2) is 30.3 Å². The molecule has 4 nitrogen and oxygen atoms in total. The molecule has 88 valence electrons. The summed E-state index contributed by atoms with van der Waals surface area (Å²) in [6.07, 6.45) is 3.71. The lowest BCUT2D eigenvalue weighted by atomic mass is 10.1. The Hall–Kier alpha value is -1.97. The highest BCUT2D eigenvalue weighted by Gasteiger charge is 2.12. The zero-order valence-corrected chi connectivity index (χ0v) is 9.84. The summed E-state index contributed by atoms with van der Waals surface area (Å²) in [7, 11) is 0. The Morgan fingerprint density at radius 2 is 2.06 bits per heavy atom. The Morgan fingerprint density at radius 1 is 1.29 bits per heavy atom. The lowest BCUT2D eigenvalue weighted by Gasteiger charge is -2.05. The van der Waals surface area contributed by atoms with Crippen LogP contribution >= 0.6 is 0 Å². The molecular formula is C13H15N3O. The van der Waals surface area contributed by atoms with Gasteiger partial charge in [0, 0.05) is 0 Å². The largest absolute Gasteiger partial charge is 0.296 e. The number of aromatic nitrogens is 3. The average molecular weight is 229 g/mol. The van der Waals surface area contributed by atoms with Crippen molar-refractivity contribution >= 4 is 6.29 Å². The van der Waals surface area contributed by atoms with Crippen LogP contribution in [0.1, 0.15) is 35.9 Å². The minimum Gasteiger partial charge on any atom is -0.296 e. The highest BCUT2D eigenvalue weighted by Crippen LogP contribution is 2.14. The van der Waals surface area contributed by atoms with Crippen LogP contribution in [-0.2, 0) is 6.42 Å². The van der Waals surface area contributed by atoms with Crippen molar-refractivity contribution in [1.29, 1.82) is 0 Å². The molecule has 2 rings (SSSR count). The van der Waals surface area contributed by atoms with E-state index in [1.807, 2.05) is 30.3 Å². The maximum atomic E-state index is 10.9. The van der Waals surface area contributed by atoms with E-state index in [-0.39, 0.29) is 0 Å². The van der Waals surface area contributed by atoms with Crippen LogP contribution in [0.25, 0.3) is 5.69 Å². The number of carbonyl (C=O) groups excluding carboxylic acids is 1. The van der Waals surface area contributed by atoms with Gasteiger partial charge in [-0.15, -0.1) is 5.10 Å². The van der Waals surface area contributed by atoms with Gasteiger partial charge in [-0.3, -0.25) is 4.79 Å². The molecule has 0 unspecified atom stereocenters. The summed E-state index contributed by atoms with van der Waals surface area (Å²) in [4.78, 5) is 10.9. The summed E-state index contributed by atoms with van der Waals surface area (Å²) in [5, 5.41) is 7.95. The SMILES string of the molecule is CCCCc1c(C=O)nnn1-c1ccccc1. The Morgan fingerprint density at radius 3 is 2.71 bits per heavy atom. The van der Waals surface area contributed by atoms with Crippen LogP contribution in [0.4, 0.5) is 0 Å². The number of hydrogen-bond acceptors (Lipinski definition) is 3. The number of para-hydroxylation sites is 1. The first kappa shape index (κ1) is 11.5. The van der Waals surface area contributed by atoms with Crippen molar-refractivity contribution in [3.63, 3.8) is 0 Å². The Bertz CT molecular complexity index is 491. The number of benzene rings is 1. The van der Waals surface area contributed by atoms with Gasteiger partial charge in [0.15, 0.2) is 6.29 Å². The smallest absolute Gasteiger partial charge is 0.172 e. The minimum absolute atomic E-state index is 0.447. The molecule has 0 saturated heterocycles. The Balaban J connectivity index is 2.40. The molecule has 0 radical (unpaired) electrons. The van der Waals surface area contributed by atoms with E-state index in [9.17, 15) is 4.79 Å². The van der Waals surface area contributed by atoms with Crippen LogP contribution in [0.3, 0.4) is 0 Å². The zero-order chi connectivity index (χ0) is 12.1.